The van der Waals surface area contributed by atoms with Gasteiger partial charge in [-0.2, -0.15) is 4.57 Å². The molecular formula is C33H29N2+. The van der Waals surface area contributed by atoms with Gasteiger partial charge in [0.05, 0.1) is 21.8 Å². The predicted octanol–water partition coefficient (Wildman–Crippen LogP) is 8.01. The van der Waals surface area contributed by atoms with Crippen molar-refractivity contribution in [3.05, 3.63) is 83.9 Å². The van der Waals surface area contributed by atoms with Crippen molar-refractivity contribution in [3.8, 4) is 0 Å². The van der Waals surface area contributed by atoms with E-state index in [1.807, 2.05) is 0 Å². The molecule has 1 aliphatic carbocycles. The van der Waals surface area contributed by atoms with Crippen molar-refractivity contribution < 1.29 is 4.57 Å². The van der Waals surface area contributed by atoms with E-state index in [-0.39, 0.29) is 0 Å². The van der Waals surface area contributed by atoms with E-state index < -0.39 is 0 Å². The Morgan fingerprint density at radius 1 is 0.800 bits per heavy atom. The molecule has 2 heteroatoms. The van der Waals surface area contributed by atoms with E-state index in [0.29, 0.717) is 0 Å². The summed E-state index contributed by atoms with van der Waals surface area (Å²) in [6, 6.07) is 27.7. The molecule has 1 aliphatic rings. The van der Waals surface area contributed by atoms with Crippen molar-refractivity contribution >= 4 is 59.9 Å². The Morgan fingerprint density at radius 2 is 1.66 bits per heavy atom. The largest absolute Gasteiger partial charge is 0.303 e. The molecule has 0 saturated heterocycles. The van der Waals surface area contributed by atoms with Crippen LogP contribution in [0.3, 0.4) is 0 Å². The number of benzene rings is 4. The quantitative estimate of drug-likeness (QED) is 0.142. The zero-order chi connectivity index (χ0) is 23.3. The summed E-state index contributed by atoms with van der Waals surface area (Å²) in [5, 5.41) is 8.19. The minimum Gasteiger partial charge on any atom is -0.303 e. The van der Waals surface area contributed by atoms with Crippen LogP contribution in [0.4, 0.5) is 0 Å². The molecule has 0 bridgehead atoms. The highest BCUT2D eigenvalue weighted by Gasteiger charge is 2.27. The molecule has 2 nitrogen and oxygen atoms in total. The third-order valence-electron chi connectivity index (χ3n) is 8.84. The molecule has 35 heavy (non-hydrogen) atoms. The monoisotopic (exact) mass is 453 g/mol. The molecule has 7 aromatic rings. The predicted molar refractivity (Wildman–Crippen MR) is 148 cm³/mol. The molecule has 0 atom stereocenters. The third-order valence-corrected chi connectivity index (χ3v) is 8.84. The smallest absolute Gasteiger partial charge is 0.238 e. The maximum Gasteiger partial charge on any atom is 0.238 e. The molecule has 0 amide bonds. The average molecular weight is 454 g/mol. The van der Waals surface area contributed by atoms with Crippen molar-refractivity contribution in [2.75, 3.05) is 0 Å². The van der Waals surface area contributed by atoms with Crippen LogP contribution in [0, 0.1) is 12.8 Å². The van der Waals surface area contributed by atoms with Crippen LogP contribution in [0.25, 0.3) is 59.9 Å². The maximum atomic E-state index is 2.58. The van der Waals surface area contributed by atoms with Crippen molar-refractivity contribution in [1.82, 2.24) is 4.40 Å². The lowest BCUT2D eigenvalue weighted by atomic mass is 9.96. The first-order valence-corrected chi connectivity index (χ1v) is 13.1. The number of nitrogens with zero attached hydrogens (tertiary/aromatic N) is 2. The summed E-state index contributed by atoms with van der Waals surface area (Å²) >= 11 is 0. The number of aryl methyl sites for hydroxylation is 2. The SMILES string of the molecule is Cc1ccc2cccc3c2c1c1c2c(c4ccc(CC5CCCC5)cc4n32)c2ccccc2[n+]1C. The van der Waals surface area contributed by atoms with Crippen molar-refractivity contribution in [2.45, 2.75) is 39.0 Å². The van der Waals surface area contributed by atoms with Gasteiger partial charge in [-0.1, -0.05) is 74.2 Å². The van der Waals surface area contributed by atoms with E-state index in [4.69, 9.17) is 0 Å². The van der Waals surface area contributed by atoms with E-state index in [2.05, 4.69) is 95.7 Å². The lowest BCUT2D eigenvalue weighted by Crippen LogP contribution is -2.31. The second kappa shape index (κ2) is 6.95. The molecule has 0 unspecified atom stereocenters. The lowest BCUT2D eigenvalue weighted by molar-refractivity contribution is -0.616. The summed E-state index contributed by atoms with van der Waals surface area (Å²) in [5.74, 6) is 0.846. The van der Waals surface area contributed by atoms with Crippen LogP contribution in [-0.2, 0) is 13.5 Å². The molecule has 8 rings (SSSR count). The highest BCUT2D eigenvalue weighted by Crippen LogP contribution is 2.43. The lowest BCUT2D eigenvalue weighted by Gasteiger charge is -2.14. The molecule has 4 aromatic carbocycles. The number of para-hydroxylation sites is 1. The average Bonchev–Trinajstić information content (AvgIpc) is 3.51. The van der Waals surface area contributed by atoms with Gasteiger partial charge in [-0.05, 0) is 54.0 Å². The van der Waals surface area contributed by atoms with Crippen LogP contribution in [0.1, 0.15) is 36.8 Å². The second-order valence-electron chi connectivity index (χ2n) is 10.8. The van der Waals surface area contributed by atoms with E-state index in [1.54, 1.807) is 0 Å². The number of fused-ring (bicyclic) bond motifs is 7. The molecular weight excluding hydrogens is 424 g/mol. The molecule has 3 aromatic heterocycles. The van der Waals surface area contributed by atoms with Gasteiger partial charge in [0.25, 0.3) is 0 Å². The Hall–Kier alpha value is -3.65. The van der Waals surface area contributed by atoms with Gasteiger partial charge >= 0.3 is 0 Å². The molecule has 170 valence electrons. The fraction of sp³-hybridized carbons (Fsp3) is 0.242. The number of rotatable bonds is 2. The number of aromatic nitrogens is 2. The molecule has 3 heterocycles. The zero-order valence-corrected chi connectivity index (χ0v) is 20.4. The summed E-state index contributed by atoms with van der Waals surface area (Å²) in [6.45, 7) is 2.27. The van der Waals surface area contributed by atoms with Gasteiger partial charge in [0, 0.05) is 22.2 Å². The Bertz CT molecular complexity index is 1950. The third kappa shape index (κ3) is 2.52. The fourth-order valence-electron chi connectivity index (χ4n) is 7.25. The van der Waals surface area contributed by atoms with Crippen LogP contribution in [0.2, 0.25) is 0 Å². The van der Waals surface area contributed by atoms with Gasteiger partial charge in [-0.15, -0.1) is 0 Å². The summed E-state index contributed by atoms with van der Waals surface area (Å²) in [5.41, 5.74) is 9.49. The Balaban J connectivity index is 1.66. The minimum atomic E-state index is 0.846. The Labute approximate surface area is 204 Å². The van der Waals surface area contributed by atoms with Gasteiger partial charge in [0.1, 0.15) is 12.6 Å². The second-order valence-corrected chi connectivity index (χ2v) is 10.8. The van der Waals surface area contributed by atoms with Crippen LogP contribution in [-0.4, -0.2) is 4.40 Å². The number of hydrogen-bond donors (Lipinski definition) is 0. The molecule has 1 saturated carbocycles. The molecule has 0 aliphatic heterocycles. The molecule has 1 fully saturated rings. The summed E-state index contributed by atoms with van der Waals surface area (Å²) in [6.07, 6.45) is 6.78. The number of pyridine rings is 2. The van der Waals surface area contributed by atoms with Crippen molar-refractivity contribution in [1.29, 1.82) is 0 Å². The van der Waals surface area contributed by atoms with Crippen LogP contribution in [0.5, 0.6) is 0 Å². The van der Waals surface area contributed by atoms with Gasteiger partial charge in [-0.25, -0.2) is 0 Å². The summed E-state index contributed by atoms with van der Waals surface area (Å²) < 4.78 is 5.02. The van der Waals surface area contributed by atoms with Gasteiger partial charge in [-0.3, -0.25) is 0 Å². The highest BCUT2D eigenvalue weighted by molar-refractivity contribution is 6.30. The van der Waals surface area contributed by atoms with E-state index in [0.717, 1.165) is 5.92 Å². The van der Waals surface area contributed by atoms with E-state index in [9.17, 15) is 0 Å². The van der Waals surface area contributed by atoms with Crippen LogP contribution < -0.4 is 4.57 Å². The first-order chi connectivity index (χ1) is 17.2. The zero-order valence-electron chi connectivity index (χ0n) is 20.4. The minimum absolute atomic E-state index is 0.846. The van der Waals surface area contributed by atoms with Crippen LogP contribution >= 0.6 is 0 Å². The molecule has 0 radical (unpaired) electrons. The topological polar surface area (TPSA) is 8.29 Å². The van der Waals surface area contributed by atoms with Gasteiger partial charge in [0.2, 0.25) is 11.0 Å². The first-order valence-electron chi connectivity index (χ1n) is 13.1. The summed E-state index contributed by atoms with van der Waals surface area (Å²) in [7, 11) is 2.25. The van der Waals surface area contributed by atoms with Gasteiger partial charge < -0.3 is 4.40 Å². The van der Waals surface area contributed by atoms with E-state index >= 15 is 0 Å². The van der Waals surface area contributed by atoms with Crippen LogP contribution in [0.15, 0.2) is 72.8 Å². The molecule has 0 spiro atoms. The molecule has 0 N–H and O–H groups in total. The Morgan fingerprint density at radius 3 is 2.54 bits per heavy atom. The number of hydrogen-bond acceptors (Lipinski definition) is 0. The normalized spacial score (nSPS) is 15.3. The Kier molecular flexibility index (Phi) is 3.90. The van der Waals surface area contributed by atoms with Crippen molar-refractivity contribution in [3.63, 3.8) is 0 Å². The maximum absolute atomic E-state index is 2.58. The van der Waals surface area contributed by atoms with Gasteiger partial charge in [0.15, 0.2) is 0 Å². The first kappa shape index (κ1) is 19.6. The summed E-state index contributed by atoms with van der Waals surface area (Å²) in [4.78, 5) is 0. The van der Waals surface area contributed by atoms with E-state index in [1.165, 1.54) is 103 Å². The fourth-order valence-corrected chi connectivity index (χ4v) is 7.25. The van der Waals surface area contributed by atoms with Crippen molar-refractivity contribution in [2.24, 2.45) is 13.0 Å². The standard InChI is InChI=1S/C33H29N2/c1-20-14-16-23-10-7-13-27-30(23)29(20)32-33-31(24-11-5-6-12-26(24)34(32)2)25-17-15-22(19-28(25)35(27)33)18-21-8-3-4-9-21/h5-7,10-17,19,21H,3-4,8-9,18H2,1-2H3/q+1. The highest BCUT2D eigenvalue weighted by atomic mass is 15.0.